The molecule has 0 unspecified atom stereocenters. The highest BCUT2D eigenvalue weighted by atomic mass is 14.9. The molecule has 0 saturated carbocycles. The Hall–Kier alpha value is -5.33. The average molecular weight is 484 g/mol. The van der Waals surface area contributed by atoms with E-state index in [0.717, 1.165) is 44.2 Å². The fraction of sp³-hybridized carbons (Fsp3) is 0. The fourth-order valence-electron chi connectivity index (χ4n) is 5.09. The molecule has 6 aromatic carbocycles. The summed E-state index contributed by atoms with van der Waals surface area (Å²) in [6, 6.07) is 41.9. The second-order valence-corrected chi connectivity index (χ2v) is 9.43. The largest absolute Gasteiger partial charge is 0.238 e. The molecule has 0 amide bonds. The molecule has 0 spiro atoms. The normalized spacial score (nSPS) is 11.1. The van der Waals surface area contributed by atoms with Crippen LogP contribution in [0.5, 0.6) is 0 Å². The molecule has 3 nitrogen and oxygen atoms in total. The molecule has 0 atom stereocenters. The summed E-state index contributed by atoms with van der Waals surface area (Å²) in [6.07, 6.45) is 1.90. The maximum Gasteiger partial charge on any atom is 0.187 e. The Kier molecular flexibility index (Phi) is 5.17. The third kappa shape index (κ3) is 3.86. The van der Waals surface area contributed by atoms with Gasteiger partial charge in [0.25, 0.3) is 0 Å². The summed E-state index contributed by atoms with van der Waals surface area (Å²) in [7, 11) is 0. The molecule has 0 fully saturated rings. The van der Waals surface area contributed by atoms with Crippen LogP contribution in [0.15, 0.2) is 128 Å². The SMILES string of the molecule is [C-]#[N+]c1ccc(-c2ccc3ccc(-c4ccc5c(-c6ncc7ccccc7n6)cccc5c4)cc3c2)cc1. The molecule has 1 aromatic heterocycles. The summed E-state index contributed by atoms with van der Waals surface area (Å²) in [5.74, 6) is 0.740. The molecule has 7 aromatic rings. The third-order valence-electron chi connectivity index (χ3n) is 7.11. The number of benzene rings is 6. The number of hydrogen-bond acceptors (Lipinski definition) is 2. The summed E-state index contributed by atoms with van der Waals surface area (Å²) in [6.45, 7) is 7.19. The zero-order valence-electron chi connectivity index (χ0n) is 20.5. The minimum Gasteiger partial charge on any atom is -0.238 e. The van der Waals surface area contributed by atoms with Gasteiger partial charge in [-0.15, -0.1) is 0 Å². The fourth-order valence-corrected chi connectivity index (χ4v) is 5.09. The van der Waals surface area contributed by atoms with Gasteiger partial charge in [-0.25, -0.2) is 14.8 Å². The number of rotatable bonds is 3. The van der Waals surface area contributed by atoms with Crippen molar-refractivity contribution in [1.82, 2.24) is 9.97 Å². The summed E-state index contributed by atoms with van der Waals surface area (Å²) >= 11 is 0. The van der Waals surface area contributed by atoms with Crippen LogP contribution in [-0.4, -0.2) is 9.97 Å². The van der Waals surface area contributed by atoms with E-state index in [0.29, 0.717) is 5.69 Å². The third-order valence-corrected chi connectivity index (χ3v) is 7.11. The van der Waals surface area contributed by atoms with Crippen LogP contribution >= 0.6 is 0 Å². The molecule has 0 radical (unpaired) electrons. The number of fused-ring (bicyclic) bond motifs is 3. The van der Waals surface area contributed by atoms with Gasteiger partial charge in [0.05, 0.1) is 12.1 Å². The van der Waals surface area contributed by atoms with Crippen LogP contribution in [0.1, 0.15) is 0 Å². The quantitative estimate of drug-likeness (QED) is 0.234. The first-order valence-corrected chi connectivity index (χ1v) is 12.5. The minimum atomic E-state index is 0.656. The zero-order valence-corrected chi connectivity index (χ0v) is 20.5. The Morgan fingerprint density at radius 1 is 0.526 bits per heavy atom. The van der Waals surface area contributed by atoms with Crippen molar-refractivity contribution >= 4 is 38.1 Å². The van der Waals surface area contributed by atoms with Gasteiger partial charge in [0.2, 0.25) is 0 Å². The van der Waals surface area contributed by atoms with E-state index in [2.05, 4.69) is 82.6 Å². The minimum absolute atomic E-state index is 0.656. The van der Waals surface area contributed by atoms with Crippen LogP contribution < -0.4 is 0 Å². The van der Waals surface area contributed by atoms with E-state index in [1.165, 1.54) is 21.9 Å². The van der Waals surface area contributed by atoms with E-state index in [4.69, 9.17) is 11.6 Å². The molecule has 7 rings (SSSR count). The molecule has 38 heavy (non-hydrogen) atoms. The predicted molar refractivity (Wildman–Crippen MR) is 157 cm³/mol. The van der Waals surface area contributed by atoms with Gasteiger partial charge in [-0.1, -0.05) is 97.1 Å². The molecular formula is C35H21N3. The van der Waals surface area contributed by atoms with Crippen molar-refractivity contribution in [3.05, 3.63) is 139 Å². The van der Waals surface area contributed by atoms with Crippen molar-refractivity contribution in [3.63, 3.8) is 0 Å². The molecule has 0 aliphatic heterocycles. The van der Waals surface area contributed by atoms with Crippen molar-refractivity contribution in [2.24, 2.45) is 0 Å². The van der Waals surface area contributed by atoms with Gasteiger partial charge in [0, 0.05) is 17.1 Å². The maximum absolute atomic E-state index is 7.19. The van der Waals surface area contributed by atoms with Crippen LogP contribution in [0.25, 0.3) is 70.9 Å². The topological polar surface area (TPSA) is 30.1 Å². The lowest BCUT2D eigenvalue weighted by Crippen LogP contribution is -1.91. The summed E-state index contributed by atoms with van der Waals surface area (Å²) in [5, 5.41) is 5.72. The van der Waals surface area contributed by atoms with Gasteiger partial charge < -0.3 is 0 Å². The van der Waals surface area contributed by atoms with Crippen LogP contribution in [0.4, 0.5) is 5.69 Å². The predicted octanol–water partition coefficient (Wildman–Crippen LogP) is 9.49. The van der Waals surface area contributed by atoms with Gasteiger partial charge in [0.1, 0.15) is 0 Å². The first kappa shape index (κ1) is 21.9. The standard InChI is InChI=1S/C35H21N3/c1-36-31-16-13-23(14-17-31)25-11-9-24-10-12-26(21-30(24)20-25)27-15-18-32-28(19-27)6-4-7-33(32)35-37-22-29-5-2-3-8-34(29)38-35/h2-22H. The van der Waals surface area contributed by atoms with Gasteiger partial charge in [0.15, 0.2) is 11.5 Å². The van der Waals surface area contributed by atoms with Crippen LogP contribution in [0.2, 0.25) is 0 Å². The van der Waals surface area contributed by atoms with Crippen molar-refractivity contribution < 1.29 is 0 Å². The van der Waals surface area contributed by atoms with E-state index in [1.807, 2.05) is 54.7 Å². The van der Waals surface area contributed by atoms with E-state index in [-0.39, 0.29) is 0 Å². The highest BCUT2D eigenvalue weighted by Gasteiger charge is 2.10. The van der Waals surface area contributed by atoms with E-state index in [1.54, 1.807) is 0 Å². The Balaban J connectivity index is 1.28. The molecule has 176 valence electrons. The lowest BCUT2D eigenvalue weighted by molar-refractivity contribution is 1.23. The molecular weight excluding hydrogens is 462 g/mol. The monoisotopic (exact) mass is 483 g/mol. The number of hydrogen-bond donors (Lipinski definition) is 0. The Morgan fingerprint density at radius 3 is 1.97 bits per heavy atom. The second kappa shape index (κ2) is 8.96. The molecule has 3 heteroatoms. The van der Waals surface area contributed by atoms with Gasteiger partial charge >= 0.3 is 0 Å². The highest BCUT2D eigenvalue weighted by molar-refractivity contribution is 5.99. The number of para-hydroxylation sites is 1. The molecule has 0 aliphatic carbocycles. The van der Waals surface area contributed by atoms with Crippen molar-refractivity contribution in [2.75, 3.05) is 0 Å². The lowest BCUT2D eigenvalue weighted by atomic mass is 9.95. The number of nitrogens with zero attached hydrogens (tertiary/aromatic N) is 3. The first-order chi connectivity index (χ1) is 18.7. The van der Waals surface area contributed by atoms with Gasteiger partial charge in [-0.3, -0.25) is 0 Å². The average Bonchev–Trinajstić information content (AvgIpc) is 2.99. The van der Waals surface area contributed by atoms with E-state index >= 15 is 0 Å². The summed E-state index contributed by atoms with van der Waals surface area (Å²) < 4.78 is 0. The second-order valence-electron chi connectivity index (χ2n) is 9.43. The Labute approximate surface area is 220 Å². The van der Waals surface area contributed by atoms with Gasteiger partial charge in [-0.05, 0) is 68.1 Å². The molecule has 0 aliphatic rings. The van der Waals surface area contributed by atoms with E-state index in [9.17, 15) is 0 Å². The molecule has 0 saturated heterocycles. The summed E-state index contributed by atoms with van der Waals surface area (Å²) in [4.78, 5) is 13.0. The lowest BCUT2D eigenvalue weighted by Gasteiger charge is -2.10. The highest BCUT2D eigenvalue weighted by Crippen LogP contribution is 2.33. The van der Waals surface area contributed by atoms with Crippen LogP contribution in [0, 0.1) is 6.57 Å². The van der Waals surface area contributed by atoms with Crippen LogP contribution in [-0.2, 0) is 0 Å². The Bertz CT molecular complexity index is 2030. The first-order valence-electron chi connectivity index (χ1n) is 12.5. The van der Waals surface area contributed by atoms with Crippen molar-refractivity contribution in [1.29, 1.82) is 0 Å². The van der Waals surface area contributed by atoms with Crippen LogP contribution in [0.3, 0.4) is 0 Å². The van der Waals surface area contributed by atoms with E-state index < -0.39 is 0 Å². The molecule has 1 heterocycles. The smallest absolute Gasteiger partial charge is 0.187 e. The number of aromatic nitrogens is 2. The maximum atomic E-state index is 7.19. The van der Waals surface area contributed by atoms with Crippen molar-refractivity contribution in [3.8, 4) is 33.6 Å². The molecule has 0 bridgehead atoms. The van der Waals surface area contributed by atoms with Crippen molar-refractivity contribution in [2.45, 2.75) is 0 Å². The molecule has 0 N–H and O–H groups in total. The Morgan fingerprint density at radius 2 is 1.18 bits per heavy atom. The zero-order chi connectivity index (χ0) is 25.5. The summed E-state index contributed by atoms with van der Waals surface area (Å²) in [5.41, 5.74) is 7.23. The van der Waals surface area contributed by atoms with Gasteiger partial charge in [-0.2, -0.15) is 0 Å².